The number of piperidine rings is 1. The smallest absolute Gasteiger partial charge is 0.252 e. The van der Waals surface area contributed by atoms with Gasteiger partial charge in [0, 0.05) is 43.7 Å². The number of nitrogens with zero attached hydrogens (tertiary/aromatic N) is 3. The van der Waals surface area contributed by atoms with E-state index in [-0.39, 0.29) is 17.4 Å². The van der Waals surface area contributed by atoms with Crippen molar-refractivity contribution in [2.75, 3.05) is 29.4 Å². The first-order valence-electron chi connectivity index (χ1n) is 10.1. The van der Waals surface area contributed by atoms with Crippen LogP contribution < -0.4 is 15.4 Å². The molecule has 2 saturated heterocycles. The lowest BCUT2D eigenvalue weighted by molar-refractivity contribution is -0.117. The van der Waals surface area contributed by atoms with Gasteiger partial charge in [0.1, 0.15) is 0 Å². The van der Waals surface area contributed by atoms with Crippen molar-refractivity contribution in [2.45, 2.75) is 46.0 Å². The molecule has 2 aliphatic rings. The quantitative estimate of drug-likeness (QED) is 0.888. The van der Waals surface area contributed by atoms with Crippen LogP contribution in [-0.4, -0.2) is 35.5 Å². The number of carbonyl (C=O) groups is 1. The number of aromatic amines is 1. The number of aryl methyl sites for hydroxylation is 1. The summed E-state index contributed by atoms with van der Waals surface area (Å²) < 4.78 is 0. The maximum atomic E-state index is 12.7. The number of nitrogens with one attached hydrogen (secondary N) is 1. The van der Waals surface area contributed by atoms with Crippen molar-refractivity contribution in [2.24, 2.45) is 5.92 Å². The molecule has 148 valence electrons. The largest absolute Gasteiger partial charge is 0.342 e. The summed E-state index contributed by atoms with van der Waals surface area (Å²) in [6.07, 6.45) is 2.71. The van der Waals surface area contributed by atoms with Crippen molar-refractivity contribution >= 4 is 17.5 Å². The Morgan fingerprint density at radius 3 is 2.79 bits per heavy atom. The zero-order valence-electron chi connectivity index (χ0n) is 16.9. The highest BCUT2D eigenvalue weighted by molar-refractivity contribution is 5.97. The topological polar surface area (TPSA) is 69.3 Å². The molecule has 0 aliphatic carbocycles. The van der Waals surface area contributed by atoms with E-state index in [1.807, 2.05) is 24.0 Å². The van der Waals surface area contributed by atoms with E-state index in [9.17, 15) is 9.59 Å². The van der Waals surface area contributed by atoms with Crippen molar-refractivity contribution in [3.63, 3.8) is 0 Å². The second-order valence-corrected chi connectivity index (χ2v) is 8.31. The van der Waals surface area contributed by atoms with Crippen LogP contribution in [0.2, 0.25) is 0 Å². The van der Waals surface area contributed by atoms with E-state index in [2.05, 4.69) is 29.8 Å². The third-order valence-electron chi connectivity index (χ3n) is 6.12. The fourth-order valence-electron chi connectivity index (χ4n) is 4.37. The lowest BCUT2D eigenvalue weighted by Gasteiger charge is -2.31. The van der Waals surface area contributed by atoms with Crippen LogP contribution in [0.1, 0.15) is 48.9 Å². The molecule has 2 aromatic rings. The molecule has 0 saturated carbocycles. The molecule has 1 N–H and O–H groups in total. The molecule has 0 spiro atoms. The van der Waals surface area contributed by atoms with Crippen molar-refractivity contribution in [3.8, 4) is 0 Å². The second kappa shape index (κ2) is 7.41. The molecule has 0 unspecified atom stereocenters. The molecule has 3 heterocycles. The highest BCUT2D eigenvalue weighted by Crippen LogP contribution is 2.33. The minimum Gasteiger partial charge on any atom is -0.342 e. The Bertz CT molecular complexity index is 952. The van der Waals surface area contributed by atoms with Gasteiger partial charge in [-0.15, -0.1) is 0 Å². The maximum absolute atomic E-state index is 12.7. The average molecular weight is 380 g/mol. The molecule has 0 radical (unpaired) electrons. The maximum Gasteiger partial charge on any atom is 0.252 e. The number of aromatic nitrogens is 2. The highest BCUT2D eigenvalue weighted by Gasteiger charge is 2.34. The van der Waals surface area contributed by atoms with Crippen LogP contribution in [0.15, 0.2) is 29.1 Å². The number of amides is 1. The summed E-state index contributed by atoms with van der Waals surface area (Å²) >= 11 is 0. The molecule has 0 bridgehead atoms. The van der Waals surface area contributed by atoms with Gasteiger partial charge < -0.3 is 9.80 Å². The number of anilines is 2. The molecular weight excluding hydrogens is 352 g/mol. The predicted molar refractivity (Wildman–Crippen MR) is 111 cm³/mol. The molecule has 6 heteroatoms. The van der Waals surface area contributed by atoms with Gasteiger partial charge in [-0.25, -0.2) is 4.98 Å². The van der Waals surface area contributed by atoms with Gasteiger partial charge in [-0.2, -0.15) is 0 Å². The Morgan fingerprint density at radius 2 is 2.00 bits per heavy atom. The molecule has 1 aromatic heterocycles. The van der Waals surface area contributed by atoms with Gasteiger partial charge >= 0.3 is 0 Å². The number of hydrogen-bond donors (Lipinski definition) is 1. The van der Waals surface area contributed by atoms with Crippen molar-refractivity contribution in [1.29, 1.82) is 0 Å². The number of carbonyl (C=O) groups excluding carboxylic acids is 1. The van der Waals surface area contributed by atoms with E-state index in [1.54, 1.807) is 6.07 Å². The third-order valence-corrected chi connectivity index (χ3v) is 6.12. The molecular formula is C22H28N4O2. The van der Waals surface area contributed by atoms with Crippen LogP contribution in [-0.2, 0) is 4.79 Å². The van der Waals surface area contributed by atoms with Crippen molar-refractivity contribution in [1.82, 2.24) is 9.97 Å². The van der Waals surface area contributed by atoms with Gasteiger partial charge in [0.25, 0.3) is 5.56 Å². The monoisotopic (exact) mass is 380 g/mol. The van der Waals surface area contributed by atoms with Crippen molar-refractivity contribution in [3.05, 3.63) is 51.4 Å². The Kier molecular flexibility index (Phi) is 4.96. The van der Waals surface area contributed by atoms with E-state index < -0.39 is 0 Å². The van der Waals surface area contributed by atoms with Gasteiger partial charge in [-0.1, -0.05) is 19.1 Å². The molecule has 2 aliphatic heterocycles. The van der Waals surface area contributed by atoms with Crippen LogP contribution >= 0.6 is 0 Å². The highest BCUT2D eigenvalue weighted by atomic mass is 16.2. The summed E-state index contributed by atoms with van der Waals surface area (Å²) in [5, 5.41) is 0. The minimum atomic E-state index is -0.143. The third kappa shape index (κ3) is 3.55. The molecule has 28 heavy (non-hydrogen) atoms. The first kappa shape index (κ1) is 18.7. The fraction of sp³-hybridized carbons (Fsp3) is 0.500. The second-order valence-electron chi connectivity index (χ2n) is 8.31. The summed E-state index contributed by atoms with van der Waals surface area (Å²) in [4.78, 5) is 36.7. The summed E-state index contributed by atoms with van der Waals surface area (Å²) in [7, 11) is 0. The van der Waals surface area contributed by atoms with E-state index in [0.29, 0.717) is 24.8 Å². The van der Waals surface area contributed by atoms with E-state index in [0.717, 1.165) is 36.5 Å². The molecule has 1 aromatic carbocycles. The molecule has 2 fully saturated rings. The summed E-state index contributed by atoms with van der Waals surface area (Å²) in [5.41, 5.74) is 3.83. The lowest BCUT2D eigenvalue weighted by Crippen LogP contribution is -2.36. The van der Waals surface area contributed by atoms with Crippen LogP contribution in [0.3, 0.4) is 0 Å². The van der Waals surface area contributed by atoms with E-state index >= 15 is 0 Å². The molecule has 1 amide bonds. The average Bonchev–Trinajstić information content (AvgIpc) is 3.05. The summed E-state index contributed by atoms with van der Waals surface area (Å²) in [5.74, 6) is 1.27. The Balaban J connectivity index is 1.61. The van der Waals surface area contributed by atoms with Crippen LogP contribution in [0, 0.1) is 19.8 Å². The molecule has 6 nitrogen and oxygen atoms in total. The van der Waals surface area contributed by atoms with E-state index in [1.165, 1.54) is 12.0 Å². The molecule has 2 atom stereocenters. The first-order chi connectivity index (χ1) is 13.4. The SMILES string of the molecule is Cc1cccc(N2C[C@@H](c3cc(=O)[nH]c(N4CCC[C@H](C)C4)n3)CC2=O)c1C. The van der Waals surface area contributed by atoms with Gasteiger partial charge in [0.15, 0.2) is 0 Å². The van der Waals surface area contributed by atoms with Crippen LogP contribution in [0.5, 0.6) is 0 Å². The van der Waals surface area contributed by atoms with Crippen LogP contribution in [0.4, 0.5) is 11.6 Å². The summed E-state index contributed by atoms with van der Waals surface area (Å²) in [6, 6.07) is 7.59. The van der Waals surface area contributed by atoms with Gasteiger partial charge in [-0.05, 0) is 49.8 Å². The minimum absolute atomic E-state index is 0.0596. The Hall–Kier alpha value is -2.63. The van der Waals surface area contributed by atoms with Gasteiger partial charge in [0.2, 0.25) is 11.9 Å². The lowest BCUT2D eigenvalue weighted by atomic mass is 10.0. The number of H-pyrrole nitrogens is 1. The zero-order valence-corrected chi connectivity index (χ0v) is 16.9. The standard InChI is InChI=1S/C22H28N4O2/c1-14-6-5-9-25(12-14)22-23-18(11-20(27)24-22)17-10-21(28)26(13-17)19-8-4-7-15(2)16(19)3/h4,7-8,11,14,17H,5-6,9-10,12-13H2,1-3H3,(H,23,24,27)/t14-,17-/m0/s1. The van der Waals surface area contributed by atoms with Crippen LogP contribution in [0.25, 0.3) is 0 Å². The normalized spacial score (nSPS) is 22.8. The predicted octanol–water partition coefficient (Wildman–Crippen LogP) is 3.14. The first-order valence-corrected chi connectivity index (χ1v) is 10.1. The Labute approximate surface area is 165 Å². The van der Waals surface area contributed by atoms with Gasteiger partial charge in [-0.3, -0.25) is 14.6 Å². The number of benzene rings is 1. The summed E-state index contributed by atoms with van der Waals surface area (Å²) in [6.45, 7) is 8.72. The number of hydrogen-bond acceptors (Lipinski definition) is 4. The Morgan fingerprint density at radius 1 is 1.18 bits per heavy atom. The van der Waals surface area contributed by atoms with Gasteiger partial charge in [0.05, 0.1) is 5.69 Å². The fourth-order valence-corrected chi connectivity index (χ4v) is 4.37. The number of rotatable bonds is 3. The van der Waals surface area contributed by atoms with E-state index in [4.69, 9.17) is 4.98 Å². The zero-order chi connectivity index (χ0) is 19.8. The van der Waals surface area contributed by atoms with Crippen molar-refractivity contribution < 1.29 is 4.79 Å². The molecule has 4 rings (SSSR count).